The van der Waals surface area contributed by atoms with Crippen LogP contribution in [-0.4, -0.2) is 11.0 Å². The topological polar surface area (TPSA) is 59.2 Å². The average Bonchev–Trinajstić information content (AvgIpc) is 2.58. The molecule has 0 aliphatic rings. The highest BCUT2D eigenvalue weighted by molar-refractivity contribution is 6.30. The van der Waals surface area contributed by atoms with Gasteiger partial charge in [-0.2, -0.15) is 13.2 Å². The lowest BCUT2D eigenvalue weighted by Crippen LogP contribution is -2.35. The molecule has 2 aromatic carbocycles. The molecule has 0 radical (unpaired) electrons. The van der Waals surface area contributed by atoms with Gasteiger partial charge in [0.15, 0.2) is 0 Å². The summed E-state index contributed by atoms with van der Waals surface area (Å²) >= 11 is 5.94. The maximum atomic E-state index is 12.7. The van der Waals surface area contributed by atoms with Crippen molar-refractivity contribution < 1.29 is 18.0 Å². The number of nitrogens with zero attached hydrogens (tertiary/aromatic N) is 2. The smallest absolute Gasteiger partial charge is 0.351 e. The maximum Gasteiger partial charge on any atom is 0.416 e. The number of urea groups is 1. The first-order valence-corrected chi connectivity index (χ1v) is 7.91. The van der Waals surface area contributed by atoms with Gasteiger partial charge in [-0.3, -0.25) is 4.90 Å². The quantitative estimate of drug-likeness (QED) is 0.651. The van der Waals surface area contributed by atoms with Gasteiger partial charge in [0.05, 0.1) is 17.8 Å². The lowest BCUT2D eigenvalue weighted by Gasteiger charge is -2.22. The van der Waals surface area contributed by atoms with Gasteiger partial charge in [-0.15, -0.1) is 0 Å². The van der Waals surface area contributed by atoms with Crippen molar-refractivity contribution in [3.8, 4) is 0 Å². The first-order valence-electron chi connectivity index (χ1n) is 7.53. The summed E-state index contributed by atoms with van der Waals surface area (Å²) in [6, 6.07) is 10.7. The average molecular weight is 380 g/mol. The van der Waals surface area contributed by atoms with E-state index in [-0.39, 0.29) is 11.7 Å². The van der Waals surface area contributed by atoms with Gasteiger partial charge in [-0.25, -0.2) is 9.78 Å². The summed E-state index contributed by atoms with van der Waals surface area (Å²) in [5.74, 6) is 0. The van der Waals surface area contributed by atoms with Crippen LogP contribution in [0.1, 0.15) is 11.1 Å². The highest BCUT2D eigenvalue weighted by Crippen LogP contribution is 2.31. The Morgan fingerprint density at radius 1 is 1.15 bits per heavy atom. The first-order chi connectivity index (χ1) is 12.3. The predicted molar refractivity (Wildman–Crippen MR) is 94.0 cm³/mol. The Bertz CT molecular complexity index is 958. The standard InChI is InChI=1S/C18H13ClF3N3O/c19-16-8-14-12(9-24-16)2-1-3-15(14)25(17(23)26)10-11-4-6-13(7-5-11)18(20,21)22/h1-9H,10H2,(H2,23,26). The van der Waals surface area contributed by atoms with E-state index in [2.05, 4.69) is 4.98 Å². The van der Waals surface area contributed by atoms with Crippen LogP contribution in [0.5, 0.6) is 0 Å². The van der Waals surface area contributed by atoms with Crippen molar-refractivity contribution in [1.29, 1.82) is 0 Å². The van der Waals surface area contributed by atoms with Crippen LogP contribution in [0.2, 0.25) is 5.15 Å². The molecule has 2 amide bonds. The first kappa shape index (κ1) is 18.0. The number of hydrogen-bond acceptors (Lipinski definition) is 2. The molecule has 134 valence electrons. The summed E-state index contributed by atoms with van der Waals surface area (Å²) in [5.41, 5.74) is 5.76. The van der Waals surface area contributed by atoms with Gasteiger partial charge in [-0.05, 0) is 29.8 Å². The number of hydrogen-bond donors (Lipinski definition) is 1. The molecule has 0 fully saturated rings. The number of carbonyl (C=O) groups is 1. The lowest BCUT2D eigenvalue weighted by atomic mass is 10.1. The fourth-order valence-electron chi connectivity index (χ4n) is 2.63. The number of aromatic nitrogens is 1. The highest BCUT2D eigenvalue weighted by Gasteiger charge is 2.30. The van der Waals surface area contributed by atoms with Gasteiger partial charge in [0.2, 0.25) is 0 Å². The van der Waals surface area contributed by atoms with Crippen molar-refractivity contribution in [2.24, 2.45) is 5.73 Å². The minimum absolute atomic E-state index is 0.0204. The van der Waals surface area contributed by atoms with Gasteiger partial charge in [0.25, 0.3) is 0 Å². The number of pyridine rings is 1. The van der Waals surface area contributed by atoms with Gasteiger partial charge in [0, 0.05) is 17.0 Å². The minimum atomic E-state index is -4.42. The Labute approximate surface area is 152 Å². The monoisotopic (exact) mass is 379 g/mol. The third kappa shape index (κ3) is 3.72. The predicted octanol–water partition coefficient (Wildman–Crippen LogP) is 4.99. The zero-order valence-electron chi connectivity index (χ0n) is 13.3. The molecule has 1 heterocycles. The second-order valence-corrected chi connectivity index (χ2v) is 6.01. The molecule has 0 saturated heterocycles. The van der Waals surface area contributed by atoms with Crippen molar-refractivity contribution in [2.45, 2.75) is 12.7 Å². The molecule has 0 aliphatic carbocycles. The van der Waals surface area contributed by atoms with Gasteiger partial charge < -0.3 is 5.73 Å². The van der Waals surface area contributed by atoms with Crippen molar-refractivity contribution in [1.82, 2.24) is 4.98 Å². The molecule has 0 spiro atoms. The molecule has 1 aromatic heterocycles. The Morgan fingerprint density at radius 2 is 1.85 bits per heavy atom. The second kappa shape index (κ2) is 6.84. The summed E-state index contributed by atoms with van der Waals surface area (Å²) in [7, 11) is 0. The van der Waals surface area contributed by atoms with Gasteiger partial charge >= 0.3 is 12.2 Å². The molecule has 0 atom stereocenters. The van der Waals surface area contributed by atoms with Crippen LogP contribution in [0.25, 0.3) is 10.8 Å². The zero-order valence-corrected chi connectivity index (χ0v) is 14.1. The van der Waals surface area contributed by atoms with Crippen molar-refractivity contribution in [2.75, 3.05) is 4.90 Å². The minimum Gasteiger partial charge on any atom is -0.351 e. The Balaban J connectivity index is 1.98. The number of halogens is 4. The van der Waals surface area contributed by atoms with Crippen LogP contribution >= 0.6 is 11.6 Å². The van der Waals surface area contributed by atoms with Crippen LogP contribution in [0.15, 0.2) is 54.7 Å². The molecule has 26 heavy (non-hydrogen) atoms. The summed E-state index contributed by atoms with van der Waals surface area (Å²) < 4.78 is 38.1. The number of fused-ring (bicyclic) bond motifs is 1. The van der Waals surface area contributed by atoms with E-state index in [1.165, 1.54) is 17.0 Å². The van der Waals surface area contributed by atoms with Crippen LogP contribution in [-0.2, 0) is 12.7 Å². The molecular weight excluding hydrogens is 367 g/mol. The molecule has 0 saturated carbocycles. The summed E-state index contributed by atoms with van der Waals surface area (Å²) in [5, 5.41) is 1.67. The summed E-state index contributed by atoms with van der Waals surface area (Å²) in [4.78, 5) is 17.3. The van der Waals surface area contributed by atoms with E-state index in [1.54, 1.807) is 30.5 Å². The van der Waals surface area contributed by atoms with E-state index in [0.29, 0.717) is 16.6 Å². The van der Waals surface area contributed by atoms with Crippen molar-refractivity contribution >= 4 is 34.1 Å². The Kier molecular flexibility index (Phi) is 4.73. The lowest BCUT2D eigenvalue weighted by molar-refractivity contribution is -0.137. The number of carbonyl (C=O) groups excluding carboxylic acids is 1. The van der Waals surface area contributed by atoms with Crippen LogP contribution < -0.4 is 10.6 Å². The second-order valence-electron chi connectivity index (χ2n) is 5.62. The molecule has 0 unspecified atom stereocenters. The molecule has 0 bridgehead atoms. The number of alkyl halides is 3. The van der Waals surface area contributed by atoms with E-state index in [9.17, 15) is 18.0 Å². The Morgan fingerprint density at radius 3 is 2.46 bits per heavy atom. The van der Waals surface area contributed by atoms with Gasteiger partial charge in [-0.1, -0.05) is 35.9 Å². The van der Waals surface area contributed by atoms with E-state index in [0.717, 1.165) is 17.5 Å². The number of amides is 2. The van der Waals surface area contributed by atoms with Crippen LogP contribution in [0.3, 0.4) is 0 Å². The highest BCUT2D eigenvalue weighted by atomic mass is 35.5. The molecule has 3 rings (SSSR count). The number of rotatable bonds is 3. The third-order valence-corrected chi connectivity index (χ3v) is 4.09. The Hall–Kier alpha value is -2.80. The number of anilines is 1. The molecule has 2 N–H and O–H groups in total. The number of benzene rings is 2. The normalized spacial score (nSPS) is 11.5. The number of primary amides is 1. The van der Waals surface area contributed by atoms with E-state index >= 15 is 0 Å². The molecule has 4 nitrogen and oxygen atoms in total. The molecule has 0 aliphatic heterocycles. The fraction of sp³-hybridized carbons (Fsp3) is 0.111. The summed E-state index contributed by atoms with van der Waals surface area (Å²) in [6.07, 6.45) is -2.85. The summed E-state index contributed by atoms with van der Waals surface area (Å²) in [6.45, 7) is 0.0204. The largest absolute Gasteiger partial charge is 0.416 e. The fourth-order valence-corrected chi connectivity index (χ4v) is 2.78. The van der Waals surface area contributed by atoms with Crippen LogP contribution in [0.4, 0.5) is 23.7 Å². The van der Waals surface area contributed by atoms with Crippen molar-refractivity contribution in [3.63, 3.8) is 0 Å². The van der Waals surface area contributed by atoms with E-state index in [1.807, 2.05) is 0 Å². The molecule has 3 aromatic rings. The third-order valence-electron chi connectivity index (χ3n) is 3.89. The zero-order chi connectivity index (χ0) is 18.9. The van der Waals surface area contributed by atoms with Crippen LogP contribution in [0, 0.1) is 0 Å². The van der Waals surface area contributed by atoms with E-state index < -0.39 is 17.8 Å². The maximum absolute atomic E-state index is 12.7. The van der Waals surface area contributed by atoms with Crippen molar-refractivity contribution in [3.05, 3.63) is 71.0 Å². The van der Waals surface area contributed by atoms with E-state index in [4.69, 9.17) is 17.3 Å². The SMILES string of the molecule is NC(=O)N(Cc1ccc(C(F)(F)F)cc1)c1cccc2cnc(Cl)cc12. The van der Waals surface area contributed by atoms with Gasteiger partial charge in [0.1, 0.15) is 5.15 Å². The molecular formula is C18H13ClF3N3O. The number of nitrogens with two attached hydrogens (primary N) is 1. The molecule has 8 heteroatoms.